The number of Topliss-reactive ketones (excluding diaryl/α,β-unsaturated/α-hetero) is 1. The van der Waals surface area contributed by atoms with E-state index in [2.05, 4.69) is 15.3 Å². The summed E-state index contributed by atoms with van der Waals surface area (Å²) >= 11 is 5.94. The molecule has 9 nitrogen and oxygen atoms in total. The van der Waals surface area contributed by atoms with Crippen LogP contribution in [0.2, 0.25) is 5.02 Å². The average molecular weight is 586 g/mol. The zero-order valence-corrected chi connectivity index (χ0v) is 23.0. The quantitative estimate of drug-likeness (QED) is 0.340. The van der Waals surface area contributed by atoms with E-state index in [1.807, 2.05) is 4.90 Å². The predicted octanol–water partition coefficient (Wildman–Crippen LogP) is 4.10. The number of ether oxygens (including phenoxy) is 3. The van der Waals surface area contributed by atoms with Gasteiger partial charge in [-0.1, -0.05) is 11.6 Å². The molecule has 3 aromatic rings. The van der Waals surface area contributed by atoms with Crippen LogP contribution in [-0.4, -0.2) is 77.9 Å². The van der Waals surface area contributed by atoms with Crippen LogP contribution in [0, 0.1) is 5.82 Å². The fourth-order valence-electron chi connectivity index (χ4n) is 5.01. The second kappa shape index (κ2) is 11.6. The van der Waals surface area contributed by atoms with Gasteiger partial charge in [-0.3, -0.25) is 9.69 Å². The minimum Gasteiger partial charge on any atom is -0.491 e. The molecule has 216 valence electrons. The molecule has 1 saturated carbocycles. The molecular weight excluding hydrogens is 556 g/mol. The van der Waals surface area contributed by atoms with Crippen molar-refractivity contribution in [2.75, 3.05) is 44.8 Å². The standard InChI is InChI=1S/C29H30ClF2N5O4/c30-20-11-18(1-2-21(20)31)36-28-19-9-17(25(12-23(19)34-16-35-28)41-15-29(33)4-5-29)10-24(38)22(32)3-6-37-13-26-27(14-37)40-8-7-39-26/h1-3,9,11-12,16,26-27H,4-8,10,13-15,33H2,(H,34,35,36)/b22-3-/t26-,27-/m0/s1. The molecule has 0 bridgehead atoms. The molecule has 6 rings (SSSR count). The number of likely N-dealkylation sites (tertiary alicyclic amines) is 1. The molecule has 3 aliphatic rings. The number of nitrogens with zero attached hydrogens (tertiary/aromatic N) is 3. The molecule has 1 aromatic heterocycles. The molecule has 41 heavy (non-hydrogen) atoms. The molecule has 2 aliphatic heterocycles. The Balaban J connectivity index is 1.23. The van der Waals surface area contributed by atoms with Gasteiger partial charge in [-0.25, -0.2) is 18.7 Å². The highest BCUT2D eigenvalue weighted by molar-refractivity contribution is 6.31. The van der Waals surface area contributed by atoms with Crippen LogP contribution in [0.25, 0.3) is 10.9 Å². The average Bonchev–Trinajstić information content (AvgIpc) is 3.55. The van der Waals surface area contributed by atoms with Crippen LogP contribution in [0.3, 0.4) is 0 Å². The number of hydrogen-bond donors (Lipinski definition) is 2. The maximum atomic E-state index is 15.1. The number of halogens is 3. The smallest absolute Gasteiger partial charge is 0.195 e. The summed E-state index contributed by atoms with van der Waals surface area (Å²) < 4.78 is 46.2. The summed E-state index contributed by atoms with van der Waals surface area (Å²) in [6, 6.07) is 7.62. The van der Waals surface area contributed by atoms with E-state index in [9.17, 15) is 9.18 Å². The van der Waals surface area contributed by atoms with Gasteiger partial charge in [-0.2, -0.15) is 0 Å². The van der Waals surface area contributed by atoms with Crippen LogP contribution in [0.5, 0.6) is 5.75 Å². The third-order valence-electron chi connectivity index (χ3n) is 7.59. The Morgan fingerprint density at radius 2 is 1.95 bits per heavy atom. The summed E-state index contributed by atoms with van der Waals surface area (Å²) in [5.41, 5.74) is 7.35. The number of carbonyl (C=O) groups is 1. The summed E-state index contributed by atoms with van der Waals surface area (Å²) in [5.74, 6) is -1.23. The van der Waals surface area contributed by atoms with Crippen molar-refractivity contribution in [3.05, 3.63) is 65.0 Å². The van der Waals surface area contributed by atoms with Gasteiger partial charge in [0.2, 0.25) is 0 Å². The Labute approximate surface area is 240 Å². The lowest BCUT2D eigenvalue weighted by molar-refractivity contribution is -0.116. The van der Waals surface area contributed by atoms with E-state index in [4.69, 9.17) is 31.5 Å². The molecular formula is C29H30ClF2N5O4. The first-order chi connectivity index (χ1) is 19.8. The van der Waals surface area contributed by atoms with Crippen LogP contribution in [-0.2, 0) is 20.7 Å². The lowest BCUT2D eigenvalue weighted by Crippen LogP contribution is -2.36. The van der Waals surface area contributed by atoms with Crippen molar-refractivity contribution in [3.63, 3.8) is 0 Å². The number of hydrogen-bond acceptors (Lipinski definition) is 9. The Bertz CT molecular complexity index is 1490. The number of aromatic nitrogens is 2. The summed E-state index contributed by atoms with van der Waals surface area (Å²) in [6.45, 7) is 2.90. The molecule has 0 unspecified atom stereocenters. The van der Waals surface area contributed by atoms with E-state index in [0.29, 0.717) is 60.0 Å². The molecule has 2 atom stereocenters. The van der Waals surface area contributed by atoms with E-state index in [0.717, 1.165) is 12.8 Å². The Morgan fingerprint density at radius 3 is 2.66 bits per heavy atom. The number of allylic oxidation sites excluding steroid dienone is 1. The van der Waals surface area contributed by atoms with Crippen molar-refractivity contribution in [1.29, 1.82) is 0 Å². The number of anilines is 2. The Morgan fingerprint density at radius 1 is 1.20 bits per heavy atom. The summed E-state index contributed by atoms with van der Waals surface area (Å²) in [7, 11) is 0. The van der Waals surface area contributed by atoms with Crippen molar-refractivity contribution in [1.82, 2.24) is 14.9 Å². The van der Waals surface area contributed by atoms with Crippen LogP contribution < -0.4 is 15.8 Å². The topological polar surface area (TPSA) is 112 Å². The minimum atomic E-state index is -0.825. The molecule has 0 radical (unpaired) electrons. The van der Waals surface area contributed by atoms with Gasteiger partial charge >= 0.3 is 0 Å². The number of ketones is 1. The fourth-order valence-corrected chi connectivity index (χ4v) is 5.19. The summed E-state index contributed by atoms with van der Waals surface area (Å²) in [5, 5.41) is 3.65. The first-order valence-corrected chi connectivity index (χ1v) is 13.9. The predicted molar refractivity (Wildman–Crippen MR) is 150 cm³/mol. The van der Waals surface area contributed by atoms with Crippen molar-refractivity contribution in [2.45, 2.75) is 37.0 Å². The molecule has 1 aliphatic carbocycles. The van der Waals surface area contributed by atoms with Gasteiger partial charge in [0.05, 0.1) is 41.5 Å². The third-order valence-corrected chi connectivity index (χ3v) is 7.88. The van der Waals surface area contributed by atoms with Gasteiger partial charge in [0.1, 0.15) is 30.3 Å². The van der Waals surface area contributed by atoms with E-state index in [1.54, 1.807) is 12.1 Å². The van der Waals surface area contributed by atoms with Crippen molar-refractivity contribution in [3.8, 4) is 5.75 Å². The molecule has 3 fully saturated rings. The summed E-state index contributed by atoms with van der Waals surface area (Å²) in [6.07, 6.45) is 4.08. The first kappa shape index (κ1) is 27.9. The third kappa shape index (κ3) is 6.49. The normalized spacial score (nSPS) is 22.0. The molecule has 3 heterocycles. The molecule has 3 N–H and O–H groups in total. The number of fused-ring (bicyclic) bond motifs is 2. The van der Waals surface area contributed by atoms with Gasteiger partial charge in [0.25, 0.3) is 0 Å². The molecule has 2 aromatic carbocycles. The van der Waals surface area contributed by atoms with Gasteiger partial charge in [0, 0.05) is 48.8 Å². The van der Waals surface area contributed by atoms with Crippen molar-refractivity contribution < 1.29 is 27.8 Å². The lowest BCUT2D eigenvalue weighted by atomic mass is 10.0. The number of nitrogens with one attached hydrogen (secondary N) is 1. The Kier molecular flexibility index (Phi) is 7.88. The van der Waals surface area contributed by atoms with Gasteiger partial charge in [0.15, 0.2) is 11.6 Å². The molecule has 0 spiro atoms. The van der Waals surface area contributed by atoms with Crippen molar-refractivity contribution >= 4 is 39.8 Å². The second-order valence-electron chi connectivity index (χ2n) is 10.8. The molecule has 2 saturated heterocycles. The number of benzene rings is 2. The molecule has 0 amide bonds. The Hall–Kier alpha value is -3.22. The van der Waals surface area contributed by atoms with Gasteiger partial charge < -0.3 is 25.3 Å². The zero-order valence-electron chi connectivity index (χ0n) is 22.2. The van der Waals surface area contributed by atoms with Crippen LogP contribution in [0.4, 0.5) is 20.3 Å². The monoisotopic (exact) mass is 585 g/mol. The highest BCUT2D eigenvalue weighted by atomic mass is 35.5. The largest absolute Gasteiger partial charge is 0.491 e. The SMILES string of the molecule is NC1(COc2cc3ncnc(Nc4ccc(F)c(Cl)c4)c3cc2CC(=O)/C(F)=C/CN2C[C@@H]3OCCO[C@H]3C2)CC1. The lowest BCUT2D eigenvalue weighted by Gasteiger charge is -2.24. The highest BCUT2D eigenvalue weighted by Gasteiger charge is 2.39. The number of rotatable bonds is 10. The zero-order chi connectivity index (χ0) is 28.6. The van der Waals surface area contributed by atoms with Crippen LogP contribution in [0.15, 0.2) is 48.6 Å². The van der Waals surface area contributed by atoms with Crippen LogP contribution in [0.1, 0.15) is 18.4 Å². The van der Waals surface area contributed by atoms with E-state index < -0.39 is 23.0 Å². The fraction of sp³-hybridized carbons (Fsp3) is 0.414. The van der Waals surface area contributed by atoms with E-state index >= 15 is 4.39 Å². The highest BCUT2D eigenvalue weighted by Crippen LogP contribution is 2.36. The molecule has 12 heteroatoms. The van der Waals surface area contributed by atoms with Gasteiger partial charge in [-0.15, -0.1) is 0 Å². The van der Waals surface area contributed by atoms with Crippen LogP contribution >= 0.6 is 11.6 Å². The van der Waals surface area contributed by atoms with Gasteiger partial charge in [-0.05, 0) is 43.2 Å². The van der Waals surface area contributed by atoms with Crippen molar-refractivity contribution in [2.24, 2.45) is 5.73 Å². The number of nitrogens with two attached hydrogens (primary N) is 1. The second-order valence-corrected chi connectivity index (χ2v) is 11.2. The maximum Gasteiger partial charge on any atom is 0.195 e. The number of carbonyl (C=O) groups excluding carboxylic acids is 1. The van der Waals surface area contributed by atoms with E-state index in [-0.39, 0.29) is 36.8 Å². The minimum absolute atomic E-state index is 0.0264. The maximum absolute atomic E-state index is 15.1. The van der Waals surface area contributed by atoms with E-state index in [1.165, 1.54) is 30.6 Å². The first-order valence-electron chi connectivity index (χ1n) is 13.5. The summed E-state index contributed by atoms with van der Waals surface area (Å²) in [4.78, 5) is 23.7.